The Hall–Kier alpha value is -3.63. The van der Waals surface area contributed by atoms with E-state index in [4.69, 9.17) is 4.74 Å². The van der Waals surface area contributed by atoms with Crippen molar-refractivity contribution in [3.05, 3.63) is 47.8 Å². The molecule has 1 amide bonds. The van der Waals surface area contributed by atoms with Crippen molar-refractivity contribution in [2.24, 2.45) is 0 Å². The number of anilines is 2. The Kier molecular flexibility index (Phi) is 8.76. The molecule has 0 aliphatic carbocycles. The molecule has 39 heavy (non-hydrogen) atoms. The minimum Gasteiger partial charge on any atom is -0.480 e. The lowest BCUT2D eigenvalue weighted by Crippen LogP contribution is -2.46. The van der Waals surface area contributed by atoms with Gasteiger partial charge in [0, 0.05) is 44.3 Å². The van der Waals surface area contributed by atoms with Gasteiger partial charge in [-0.2, -0.15) is 13.2 Å². The van der Waals surface area contributed by atoms with Crippen LogP contribution in [0.5, 0.6) is 5.88 Å². The molecule has 208 valence electrons. The highest BCUT2D eigenvalue weighted by molar-refractivity contribution is 8.00. The molecule has 0 bridgehead atoms. The molecule has 1 saturated heterocycles. The number of carbonyl (C=O) groups excluding carboxylic acids is 1. The number of piperidine rings is 1. The minimum absolute atomic E-state index is 0.0434. The summed E-state index contributed by atoms with van der Waals surface area (Å²) in [5.74, 6) is 5.57. The van der Waals surface area contributed by atoms with E-state index >= 15 is 0 Å². The van der Waals surface area contributed by atoms with Gasteiger partial charge in [-0.1, -0.05) is 11.8 Å². The smallest absolute Gasteiger partial charge is 0.447 e. The van der Waals surface area contributed by atoms with Gasteiger partial charge in [0.1, 0.15) is 11.2 Å². The van der Waals surface area contributed by atoms with E-state index in [1.54, 1.807) is 24.3 Å². The van der Waals surface area contributed by atoms with Crippen LogP contribution in [-0.4, -0.2) is 78.8 Å². The summed E-state index contributed by atoms with van der Waals surface area (Å²) >= 11 is -0.256. The summed E-state index contributed by atoms with van der Waals surface area (Å²) in [4.78, 5) is 17.9. The van der Waals surface area contributed by atoms with Crippen LogP contribution in [0, 0.1) is 11.8 Å². The second-order valence-corrected chi connectivity index (χ2v) is 9.97. The molecule has 4 heterocycles. The minimum atomic E-state index is -4.54. The Morgan fingerprint density at radius 1 is 1.31 bits per heavy atom. The average molecular weight is 565 g/mol. The summed E-state index contributed by atoms with van der Waals surface area (Å²) < 4.78 is 61.7. The molecular weight excluding hydrogens is 536 g/mol. The third kappa shape index (κ3) is 6.88. The van der Waals surface area contributed by atoms with Crippen LogP contribution in [0.3, 0.4) is 0 Å². The summed E-state index contributed by atoms with van der Waals surface area (Å²) in [5, 5.41) is 8.60. The molecule has 3 aromatic rings. The Morgan fingerprint density at radius 3 is 2.79 bits per heavy atom. The molecule has 0 spiro atoms. The number of alkyl halides is 4. The zero-order valence-corrected chi connectivity index (χ0v) is 22.3. The highest BCUT2D eigenvalue weighted by Gasteiger charge is 2.33. The number of fused-ring (bicyclic) bond motifs is 1. The van der Waals surface area contributed by atoms with Crippen LogP contribution in [0.1, 0.15) is 22.3 Å². The number of halogens is 4. The molecule has 0 radical (unpaired) electrons. The zero-order valence-electron chi connectivity index (χ0n) is 21.5. The molecule has 8 nitrogen and oxygen atoms in total. The van der Waals surface area contributed by atoms with E-state index < -0.39 is 17.7 Å². The Balaban J connectivity index is 1.61. The van der Waals surface area contributed by atoms with Gasteiger partial charge in [0.2, 0.25) is 5.88 Å². The molecule has 0 saturated carbocycles. The van der Waals surface area contributed by atoms with Gasteiger partial charge < -0.3 is 30.0 Å². The highest BCUT2D eigenvalue weighted by atomic mass is 32.2. The van der Waals surface area contributed by atoms with Crippen molar-refractivity contribution in [2.45, 2.75) is 29.2 Å². The first-order valence-corrected chi connectivity index (χ1v) is 12.9. The summed E-state index contributed by atoms with van der Waals surface area (Å²) in [7, 11) is 4.77. The maximum absolute atomic E-state index is 14.7. The number of aromatic nitrogens is 2. The molecule has 1 aliphatic rings. The first-order chi connectivity index (χ1) is 18.6. The molecule has 13 heteroatoms. The van der Waals surface area contributed by atoms with Crippen LogP contribution in [0.15, 0.2) is 41.7 Å². The number of nitrogens with zero attached hydrogens (tertiary/aromatic N) is 3. The number of amides is 1. The maximum Gasteiger partial charge on any atom is 0.447 e. The summed E-state index contributed by atoms with van der Waals surface area (Å²) in [6.07, 6.45) is 2.35. The predicted octanol–water partition coefficient (Wildman–Crippen LogP) is 4.23. The Morgan fingerprint density at radius 2 is 2.10 bits per heavy atom. The van der Waals surface area contributed by atoms with Crippen LogP contribution in [-0.2, 0) is 0 Å². The quantitative estimate of drug-likeness (QED) is 0.225. The fourth-order valence-electron chi connectivity index (χ4n) is 4.31. The van der Waals surface area contributed by atoms with Crippen LogP contribution >= 0.6 is 11.8 Å². The summed E-state index contributed by atoms with van der Waals surface area (Å²) in [5.41, 5.74) is -2.65. The van der Waals surface area contributed by atoms with E-state index in [1.165, 1.54) is 31.0 Å². The van der Waals surface area contributed by atoms with Crippen molar-refractivity contribution in [1.82, 2.24) is 19.6 Å². The third-order valence-electron chi connectivity index (χ3n) is 6.19. The number of ether oxygens (including phenoxy) is 1. The summed E-state index contributed by atoms with van der Waals surface area (Å²) in [6.45, 7) is 1.04. The number of rotatable bonds is 7. The Labute approximate surface area is 227 Å². The highest BCUT2D eigenvalue weighted by Crippen LogP contribution is 2.40. The van der Waals surface area contributed by atoms with Gasteiger partial charge in [0.15, 0.2) is 0 Å². The van der Waals surface area contributed by atoms with Gasteiger partial charge in [-0.3, -0.25) is 4.79 Å². The van der Waals surface area contributed by atoms with Crippen LogP contribution < -0.4 is 20.7 Å². The molecule has 3 aromatic heterocycles. The normalized spacial score (nSPS) is 17.8. The van der Waals surface area contributed by atoms with Crippen molar-refractivity contribution in [3.63, 3.8) is 0 Å². The first kappa shape index (κ1) is 28.4. The van der Waals surface area contributed by atoms with E-state index in [9.17, 15) is 22.4 Å². The van der Waals surface area contributed by atoms with Crippen molar-refractivity contribution in [1.29, 1.82) is 0 Å². The number of pyridine rings is 2. The van der Waals surface area contributed by atoms with Crippen molar-refractivity contribution < 1.29 is 27.1 Å². The lowest BCUT2D eigenvalue weighted by molar-refractivity contribution is -0.0329. The van der Waals surface area contributed by atoms with E-state index in [0.717, 1.165) is 0 Å². The molecule has 1 fully saturated rings. The number of methoxy groups -OCH3 is 1. The van der Waals surface area contributed by atoms with Crippen LogP contribution in [0.2, 0.25) is 0 Å². The fourth-order valence-corrected chi connectivity index (χ4v) is 5.00. The molecule has 0 unspecified atom stereocenters. The van der Waals surface area contributed by atoms with Gasteiger partial charge >= 0.3 is 5.51 Å². The predicted molar refractivity (Wildman–Crippen MR) is 143 cm³/mol. The lowest BCUT2D eigenvalue weighted by Gasteiger charge is -2.33. The van der Waals surface area contributed by atoms with Gasteiger partial charge in [-0.15, -0.1) is 0 Å². The number of thioether (sulfide) groups is 1. The molecule has 1 aliphatic heterocycles. The second-order valence-electron chi connectivity index (χ2n) is 8.92. The number of hydrogen-bond donors (Lipinski definition) is 3. The van der Waals surface area contributed by atoms with E-state index in [0.29, 0.717) is 35.4 Å². The third-order valence-corrected chi connectivity index (χ3v) is 7.03. The maximum atomic E-state index is 14.7. The molecule has 0 aromatic carbocycles. The molecule has 3 N–H and O–H groups in total. The number of carbonyl (C=O) groups is 1. The lowest BCUT2D eigenvalue weighted by atomic mass is 10.0. The van der Waals surface area contributed by atoms with E-state index in [-0.39, 0.29) is 47.2 Å². The van der Waals surface area contributed by atoms with Gasteiger partial charge in [0.25, 0.3) is 5.91 Å². The van der Waals surface area contributed by atoms with Gasteiger partial charge in [-0.25, -0.2) is 9.37 Å². The zero-order chi connectivity index (χ0) is 28.2. The Bertz CT molecular complexity index is 1400. The first-order valence-electron chi connectivity index (χ1n) is 12.1. The largest absolute Gasteiger partial charge is 0.480 e. The molecule has 4 rings (SSSR count). The van der Waals surface area contributed by atoms with Crippen molar-refractivity contribution in [3.8, 4) is 17.7 Å². The van der Waals surface area contributed by atoms with E-state index in [1.807, 2.05) is 11.9 Å². The second kappa shape index (κ2) is 12.0. The van der Waals surface area contributed by atoms with Crippen LogP contribution in [0.4, 0.5) is 28.9 Å². The number of hydrogen-bond acceptors (Lipinski definition) is 7. The van der Waals surface area contributed by atoms with E-state index in [2.05, 4.69) is 32.8 Å². The molecular formula is C26H28F4N6O2S. The summed E-state index contributed by atoms with van der Waals surface area (Å²) in [6, 6.07) is 6.01. The standard InChI is InChI=1S/C26H28F4N6O2S/c1-31-23(37)17-12-21(24(38-3)33-14-17)32-9-4-6-16-13-22-20(34-19-8-11-35(2)15-18(19)27)7-5-10-36(22)25(16)39-26(28,29)30/h5,7,10,12-14,18-19,32,34H,8-9,11,15H2,1-3H3,(H,31,37)/t18-,19+/m0/s1. The SMILES string of the molecule is CNC(=O)c1cnc(OC)c(NCC#Cc2cc3c(N[C@@H]4CCN(C)C[C@@H]4F)cccn3c2SC(F)(F)F)c1. The molecule has 2 atom stereocenters. The average Bonchev–Trinajstić information content (AvgIpc) is 3.24. The monoisotopic (exact) mass is 564 g/mol. The van der Waals surface area contributed by atoms with Gasteiger partial charge in [0.05, 0.1) is 47.7 Å². The van der Waals surface area contributed by atoms with Crippen molar-refractivity contribution >= 4 is 34.6 Å². The number of likely N-dealkylation sites (tertiary alicyclic amines) is 1. The van der Waals surface area contributed by atoms with Crippen LogP contribution in [0.25, 0.3) is 5.52 Å². The number of nitrogens with one attached hydrogen (secondary N) is 3. The fraction of sp³-hybridized carbons (Fsp3) is 0.385. The topological polar surface area (TPSA) is 82.9 Å². The van der Waals surface area contributed by atoms with Gasteiger partial charge in [-0.05, 0) is 37.7 Å². The van der Waals surface area contributed by atoms with Crippen molar-refractivity contribution in [2.75, 3.05) is 51.5 Å².